The lowest BCUT2D eigenvalue weighted by Crippen LogP contribution is -2.50. The average molecular weight is 280 g/mol. The van der Waals surface area contributed by atoms with Crippen LogP contribution in [-0.2, 0) is 0 Å². The minimum Gasteiger partial charge on any atom is -0.508 e. The van der Waals surface area contributed by atoms with Gasteiger partial charge in [0.05, 0.1) is 0 Å². The van der Waals surface area contributed by atoms with Crippen molar-refractivity contribution in [2.75, 3.05) is 26.2 Å². The minimum absolute atomic E-state index is 0.369. The average Bonchev–Trinajstić information content (AvgIpc) is 2.55. The first-order chi connectivity index (χ1) is 10.3. The number of hydrogen-bond acceptors (Lipinski definition) is 3. The molecule has 2 heterocycles. The molecule has 21 heavy (non-hydrogen) atoms. The number of hydrogen-bond donors (Lipinski definition) is 2. The second-order valence-corrected chi connectivity index (χ2v) is 5.99. The first-order valence-corrected chi connectivity index (χ1v) is 7.65. The quantitative estimate of drug-likeness (QED) is 0.842. The van der Waals surface area contributed by atoms with E-state index in [-0.39, 0.29) is 0 Å². The summed E-state index contributed by atoms with van der Waals surface area (Å²) < 4.78 is 0. The molecule has 1 fully saturated rings. The molecule has 1 saturated heterocycles. The molecular weight excluding hydrogens is 260 g/mol. The maximum atomic E-state index is 9.90. The summed E-state index contributed by atoms with van der Waals surface area (Å²) in [5.41, 5.74) is 4.01. The first kappa shape index (κ1) is 12.9. The van der Waals surface area contributed by atoms with Crippen molar-refractivity contribution in [2.45, 2.75) is 12.0 Å². The molecule has 0 radical (unpaired) electrons. The third-order valence-electron chi connectivity index (χ3n) is 4.78. The van der Waals surface area contributed by atoms with Crippen molar-refractivity contribution in [3.8, 4) is 5.75 Å². The van der Waals surface area contributed by atoms with Crippen LogP contribution in [0.1, 0.15) is 28.7 Å². The van der Waals surface area contributed by atoms with Gasteiger partial charge in [0, 0.05) is 38.1 Å². The summed E-state index contributed by atoms with van der Waals surface area (Å²) in [6, 6.07) is 17.0. The number of nitrogens with zero attached hydrogens (tertiary/aromatic N) is 1. The summed E-state index contributed by atoms with van der Waals surface area (Å²) in [5, 5.41) is 13.4. The van der Waals surface area contributed by atoms with Gasteiger partial charge in [-0.05, 0) is 28.8 Å². The van der Waals surface area contributed by atoms with E-state index >= 15 is 0 Å². The fraction of sp³-hybridized carbons (Fsp3) is 0.333. The maximum absolute atomic E-state index is 9.90. The summed E-state index contributed by atoms with van der Waals surface area (Å²) in [6.45, 7) is 4.15. The summed E-state index contributed by atoms with van der Waals surface area (Å²) in [5.74, 6) is 0.768. The van der Waals surface area contributed by atoms with Crippen molar-refractivity contribution >= 4 is 0 Å². The van der Waals surface area contributed by atoms with E-state index in [0.717, 1.165) is 26.2 Å². The van der Waals surface area contributed by atoms with Crippen molar-refractivity contribution in [3.63, 3.8) is 0 Å². The van der Waals surface area contributed by atoms with Crippen molar-refractivity contribution in [1.82, 2.24) is 10.2 Å². The molecule has 0 aliphatic carbocycles. The van der Waals surface area contributed by atoms with Crippen LogP contribution in [0.3, 0.4) is 0 Å². The highest BCUT2D eigenvalue weighted by Gasteiger charge is 2.35. The van der Waals surface area contributed by atoms with Crippen LogP contribution in [-0.4, -0.2) is 36.2 Å². The second kappa shape index (κ2) is 5.17. The van der Waals surface area contributed by atoms with Gasteiger partial charge >= 0.3 is 0 Å². The smallest absolute Gasteiger partial charge is 0.115 e. The van der Waals surface area contributed by atoms with Gasteiger partial charge in [-0.3, -0.25) is 4.90 Å². The van der Waals surface area contributed by atoms with Crippen LogP contribution in [0.2, 0.25) is 0 Å². The number of phenolic OH excluding ortho intramolecular Hbond substituents is 1. The Labute approximate surface area is 125 Å². The Bertz CT molecular complexity index is 641. The zero-order valence-electron chi connectivity index (χ0n) is 12.0. The van der Waals surface area contributed by atoms with E-state index in [1.165, 1.54) is 16.7 Å². The van der Waals surface area contributed by atoms with E-state index in [1.54, 1.807) is 0 Å². The van der Waals surface area contributed by atoms with Gasteiger partial charge in [-0.1, -0.05) is 36.4 Å². The van der Waals surface area contributed by atoms with Crippen molar-refractivity contribution in [3.05, 3.63) is 65.2 Å². The van der Waals surface area contributed by atoms with E-state index < -0.39 is 0 Å². The predicted octanol–water partition coefficient (Wildman–Crippen LogP) is 2.48. The lowest BCUT2D eigenvalue weighted by atomic mass is 9.80. The van der Waals surface area contributed by atoms with Gasteiger partial charge < -0.3 is 10.4 Å². The van der Waals surface area contributed by atoms with Gasteiger partial charge in [0.2, 0.25) is 0 Å². The van der Waals surface area contributed by atoms with Crippen LogP contribution in [0, 0.1) is 0 Å². The van der Waals surface area contributed by atoms with Crippen molar-refractivity contribution in [2.24, 2.45) is 0 Å². The van der Waals surface area contributed by atoms with Crippen LogP contribution in [0.25, 0.3) is 0 Å². The molecule has 2 N–H and O–H groups in total. The molecule has 0 aromatic heterocycles. The summed E-state index contributed by atoms with van der Waals surface area (Å²) in [6.07, 6.45) is 0. The Kier molecular flexibility index (Phi) is 3.17. The lowest BCUT2D eigenvalue weighted by molar-refractivity contribution is 0.143. The van der Waals surface area contributed by atoms with Crippen LogP contribution in [0.5, 0.6) is 5.75 Å². The topological polar surface area (TPSA) is 35.5 Å². The lowest BCUT2D eigenvalue weighted by Gasteiger charge is -2.44. The number of aromatic hydroxyl groups is 1. The highest BCUT2D eigenvalue weighted by molar-refractivity contribution is 5.46. The summed E-state index contributed by atoms with van der Waals surface area (Å²) in [7, 11) is 0. The highest BCUT2D eigenvalue weighted by atomic mass is 16.3. The molecule has 0 unspecified atom stereocenters. The number of phenols is 1. The Hall–Kier alpha value is -1.84. The fourth-order valence-electron chi connectivity index (χ4n) is 3.74. The Balaban J connectivity index is 1.83. The molecule has 108 valence electrons. The van der Waals surface area contributed by atoms with E-state index in [9.17, 15) is 5.11 Å². The van der Waals surface area contributed by atoms with Gasteiger partial charge in [-0.2, -0.15) is 0 Å². The Morgan fingerprint density at radius 2 is 1.90 bits per heavy atom. The van der Waals surface area contributed by atoms with Crippen LogP contribution < -0.4 is 5.32 Å². The highest BCUT2D eigenvalue weighted by Crippen LogP contribution is 2.41. The maximum Gasteiger partial charge on any atom is 0.115 e. The number of benzene rings is 2. The molecule has 2 atom stereocenters. The summed E-state index contributed by atoms with van der Waals surface area (Å²) >= 11 is 0. The Morgan fingerprint density at radius 3 is 2.76 bits per heavy atom. The normalized spacial score (nSPS) is 25.1. The van der Waals surface area contributed by atoms with Gasteiger partial charge in [-0.15, -0.1) is 0 Å². The van der Waals surface area contributed by atoms with Gasteiger partial charge in [-0.25, -0.2) is 0 Å². The molecule has 3 heteroatoms. The Morgan fingerprint density at radius 1 is 1.05 bits per heavy atom. The monoisotopic (exact) mass is 280 g/mol. The molecule has 0 spiro atoms. The van der Waals surface area contributed by atoms with Gasteiger partial charge in [0.25, 0.3) is 0 Å². The summed E-state index contributed by atoms with van der Waals surface area (Å²) in [4.78, 5) is 2.55. The SMILES string of the molecule is Oc1ccc2c(c1)[C@H]1CNCCN1C[C@@H]2c1ccccc1. The fourth-order valence-corrected chi connectivity index (χ4v) is 3.74. The van der Waals surface area contributed by atoms with Crippen LogP contribution in [0.15, 0.2) is 48.5 Å². The predicted molar refractivity (Wildman–Crippen MR) is 83.6 cm³/mol. The van der Waals surface area contributed by atoms with Gasteiger partial charge in [0.1, 0.15) is 5.75 Å². The van der Waals surface area contributed by atoms with Crippen molar-refractivity contribution < 1.29 is 5.11 Å². The molecule has 3 nitrogen and oxygen atoms in total. The number of nitrogens with one attached hydrogen (secondary N) is 1. The molecule has 0 saturated carbocycles. The number of rotatable bonds is 1. The first-order valence-electron chi connectivity index (χ1n) is 7.65. The molecule has 2 aliphatic heterocycles. The second-order valence-electron chi connectivity index (χ2n) is 5.99. The van der Waals surface area contributed by atoms with Gasteiger partial charge in [0.15, 0.2) is 0 Å². The zero-order valence-corrected chi connectivity index (χ0v) is 12.0. The molecular formula is C18H20N2O. The molecule has 2 aromatic rings. The number of fused-ring (bicyclic) bond motifs is 3. The standard InChI is InChI=1S/C18H20N2O/c21-14-6-7-15-16(10-14)18-11-19-8-9-20(18)12-17(15)13-4-2-1-3-5-13/h1-7,10,17-19,21H,8-9,11-12H2/t17-,18-/m1/s1. The third kappa shape index (κ3) is 2.23. The van der Waals surface area contributed by atoms with E-state index in [4.69, 9.17) is 0 Å². The molecule has 0 amide bonds. The van der Waals surface area contributed by atoms with Crippen molar-refractivity contribution in [1.29, 1.82) is 0 Å². The van der Waals surface area contributed by atoms with Crippen LogP contribution >= 0.6 is 0 Å². The largest absolute Gasteiger partial charge is 0.508 e. The molecule has 4 rings (SSSR count). The van der Waals surface area contributed by atoms with Crippen LogP contribution in [0.4, 0.5) is 0 Å². The molecule has 2 aliphatic rings. The third-order valence-corrected chi connectivity index (χ3v) is 4.78. The molecule has 0 bridgehead atoms. The zero-order chi connectivity index (χ0) is 14.2. The van der Waals surface area contributed by atoms with E-state index in [0.29, 0.717) is 17.7 Å². The number of piperazine rings is 1. The van der Waals surface area contributed by atoms with E-state index in [1.807, 2.05) is 12.1 Å². The molecule has 2 aromatic carbocycles. The minimum atomic E-state index is 0.369. The van der Waals surface area contributed by atoms with E-state index in [2.05, 4.69) is 46.6 Å².